The van der Waals surface area contributed by atoms with Crippen molar-refractivity contribution < 1.29 is 4.58 Å². The van der Waals surface area contributed by atoms with Crippen molar-refractivity contribution in [1.29, 1.82) is 0 Å². The molecule has 0 aliphatic carbocycles. The number of rotatable bonds is 16. The lowest BCUT2D eigenvalue weighted by molar-refractivity contribution is -0.514. The second-order valence-electron chi connectivity index (χ2n) is 7.07. The highest BCUT2D eigenvalue weighted by Crippen LogP contribution is 2.13. The molecule has 0 saturated carbocycles. The highest BCUT2D eigenvalue weighted by atomic mass is 15.1. The molecular formula is C20H41N2+. The third kappa shape index (κ3) is 12.1. The fourth-order valence-corrected chi connectivity index (χ4v) is 3.33. The van der Waals surface area contributed by atoms with Gasteiger partial charge in [0.05, 0.1) is 6.54 Å². The first-order valence-electron chi connectivity index (χ1n) is 10.2. The predicted molar refractivity (Wildman–Crippen MR) is 99.0 cm³/mol. The van der Waals surface area contributed by atoms with Gasteiger partial charge >= 0.3 is 0 Å². The van der Waals surface area contributed by atoms with Crippen LogP contribution < -0.4 is 5.32 Å². The van der Waals surface area contributed by atoms with Crippen LogP contribution in [-0.4, -0.2) is 30.5 Å². The molecule has 0 spiro atoms. The van der Waals surface area contributed by atoms with Crippen LogP contribution in [0.4, 0.5) is 0 Å². The lowest BCUT2D eigenvalue weighted by atomic mass is 10.0. The van der Waals surface area contributed by atoms with Crippen molar-refractivity contribution in [2.75, 3.05) is 19.6 Å². The Hall–Kier alpha value is -0.530. The normalized spacial score (nSPS) is 14.1. The Balaban J connectivity index is 1.66. The zero-order chi connectivity index (χ0) is 15.7. The van der Waals surface area contributed by atoms with Crippen LogP contribution in [0.5, 0.6) is 0 Å². The molecule has 130 valence electrons. The van der Waals surface area contributed by atoms with Gasteiger partial charge < -0.3 is 0 Å². The Kier molecular flexibility index (Phi) is 13.6. The largest absolute Gasteiger partial charge is 0.277 e. The molecule has 0 saturated heterocycles. The molecule has 0 unspecified atom stereocenters. The van der Waals surface area contributed by atoms with Crippen molar-refractivity contribution in [1.82, 2.24) is 5.32 Å². The van der Waals surface area contributed by atoms with Gasteiger partial charge in [-0.3, -0.25) is 9.89 Å². The topological polar surface area (TPSA) is 15.0 Å². The highest BCUT2D eigenvalue weighted by molar-refractivity contribution is 5.49. The maximum atomic E-state index is 3.28. The van der Waals surface area contributed by atoms with Crippen molar-refractivity contribution in [2.24, 2.45) is 0 Å². The van der Waals surface area contributed by atoms with Crippen LogP contribution in [0, 0.1) is 0 Å². The Morgan fingerprint density at radius 1 is 0.682 bits per heavy atom. The van der Waals surface area contributed by atoms with Gasteiger partial charge in [-0.05, 0) is 12.8 Å². The highest BCUT2D eigenvalue weighted by Gasteiger charge is 2.06. The van der Waals surface area contributed by atoms with Crippen molar-refractivity contribution >= 4 is 6.34 Å². The SMILES string of the molecule is CCCCCCCCCCCCCCCCC[N+]1=CNCC1. The van der Waals surface area contributed by atoms with E-state index in [1.807, 2.05) is 0 Å². The minimum Gasteiger partial charge on any atom is -0.277 e. The van der Waals surface area contributed by atoms with E-state index < -0.39 is 0 Å². The summed E-state index contributed by atoms with van der Waals surface area (Å²) in [6, 6.07) is 0. The molecule has 2 heteroatoms. The first-order chi connectivity index (χ1) is 10.9. The fraction of sp³-hybridized carbons (Fsp3) is 0.950. The van der Waals surface area contributed by atoms with Gasteiger partial charge in [-0.15, -0.1) is 0 Å². The van der Waals surface area contributed by atoms with Gasteiger partial charge in [0, 0.05) is 0 Å². The first-order valence-corrected chi connectivity index (χ1v) is 10.2. The molecule has 1 aliphatic rings. The van der Waals surface area contributed by atoms with Crippen LogP contribution in [0.3, 0.4) is 0 Å². The van der Waals surface area contributed by atoms with E-state index in [0.717, 1.165) is 6.54 Å². The molecule has 1 aliphatic heterocycles. The van der Waals surface area contributed by atoms with E-state index in [1.165, 1.54) is 109 Å². The summed E-state index contributed by atoms with van der Waals surface area (Å²) in [6.07, 6.45) is 23.9. The average Bonchev–Trinajstić information content (AvgIpc) is 3.04. The molecule has 1 rings (SSSR count). The van der Waals surface area contributed by atoms with Crippen LogP contribution in [0.25, 0.3) is 0 Å². The van der Waals surface area contributed by atoms with Gasteiger partial charge in [0.1, 0.15) is 13.1 Å². The van der Waals surface area contributed by atoms with Gasteiger partial charge in [0.15, 0.2) is 0 Å². The zero-order valence-electron chi connectivity index (χ0n) is 15.3. The van der Waals surface area contributed by atoms with Crippen molar-refractivity contribution in [3.8, 4) is 0 Å². The van der Waals surface area contributed by atoms with Crippen LogP contribution in [0.1, 0.15) is 103 Å². The number of hydrogen-bond acceptors (Lipinski definition) is 1. The molecule has 0 atom stereocenters. The molecule has 0 bridgehead atoms. The summed E-state index contributed by atoms with van der Waals surface area (Å²) in [5, 5.41) is 3.28. The van der Waals surface area contributed by atoms with Crippen molar-refractivity contribution in [2.45, 2.75) is 103 Å². The van der Waals surface area contributed by atoms with Crippen LogP contribution in [-0.2, 0) is 0 Å². The Morgan fingerprint density at radius 3 is 1.55 bits per heavy atom. The summed E-state index contributed by atoms with van der Waals surface area (Å²) in [6.45, 7) is 5.90. The summed E-state index contributed by atoms with van der Waals surface area (Å²) < 4.78 is 2.42. The minimum absolute atomic E-state index is 1.14. The average molecular weight is 310 g/mol. The van der Waals surface area contributed by atoms with E-state index in [2.05, 4.69) is 23.2 Å². The summed E-state index contributed by atoms with van der Waals surface area (Å²) >= 11 is 0. The maximum Gasteiger partial charge on any atom is 0.232 e. The Morgan fingerprint density at radius 2 is 1.14 bits per heavy atom. The molecule has 0 fully saturated rings. The fourth-order valence-electron chi connectivity index (χ4n) is 3.33. The molecule has 0 aromatic rings. The molecular weight excluding hydrogens is 268 g/mol. The van der Waals surface area contributed by atoms with Crippen LogP contribution in [0.15, 0.2) is 0 Å². The minimum atomic E-state index is 1.14. The van der Waals surface area contributed by atoms with Crippen molar-refractivity contribution in [3.05, 3.63) is 0 Å². The molecule has 1 N–H and O–H groups in total. The predicted octanol–water partition coefficient (Wildman–Crippen LogP) is 5.50. The molecule has 2 nitrogen and oxygen atoms in total. The lowest BCUT2D eigenvalue weighted by Crippen LogP contribution is -2.11. The Bertz CT molecular complexity index is 260. The molecule has 0 aromatic heterocycles. The van der Waals surface area contributed by atoms with Crippen molar-refractivity contribution in [3.63, 3.8) is 0 Å². The zero-order valence-corrected chi connectivity index (χ0v) is 15.3. The third-order valence-corrected chi connectivity index (χ3v) is 4.87. The van der Waals surface area contributed by atoms with Gasteiger partial charge in [0.25, 0.3) is 0 Å². The second kappa shape index (κ2) is 15.4. The second-order valence-corrected chi connectivity index (χ2v) is 7.07. The van der Waals surface area contributed by atoms with Gasteiger partial charge in [0.2, 0.25) is 6.34 Å². The summed E-state index contributed by atoms with van der Waals surface area (Å²) in [7, 11) is 0. The molecule has 1 heterocycles. The Labute approximate surface area is 139 Å². The lowest BCUT2D eigenvalue weighted by Gasteiger charge is -2.03. The standard InChI is InChI=1S/C20H40N2/c1-2-3-4-5-6-7-8-9-10-11-12-13-14-15-16-18-22-19-17-21-20-22/h20H,2-19H2,1H3/p+1. The van der Waals surface area contributed by atoms with E-state index in [-0.39, 0.29) is 0 Å². The summed E-state index contributed by atoms with van der Waals surface area (Å²) in [4.78, 5) is 0. The molecule has 22 heavy (non-hydrogen) atoms. The smallest absolute Gasteiger partial charge is 0.232 e. The van der Waals surface area contributed by atoms with Crippen LogP contribution in [0.2, 0.25) is 0 Å². The maximum absolute atomic E-state index is 3.28. The van der Waals surface area contributed by atoms with Gasteiger partial charge in [-0.2, -0.15) is 0 Å². The summed E-state index contributed by atoms with van der Waals surface area (Å²) in [5.74, 6) is 0. The van der Waals surface area contributed by atoms with Gasteiger partial charge in [-0.25, -0.2) is 0 Å². The van der Waals surface area contributed by atoms with E-state index in [1.54, 1.807) is 0 Å². The number of hydrogen-bond donors (Lipinski definition) is 1. The number of nitrogens with zero attached hydrogens (tertiary/aromatic N) is 1. The monoisotopic (exact) mass is 309 g/mol. The third-order valence-electron chi connectivity index (χ3n) is 4.87. The van der Waals surface area contributed by atoms with E-state index in [4.69, 9.17) is 0 Å². The van der Waals surface area contributed by atoms with Crippen LogP contribution >= 0.6 is 0 Å². The number of nitrogens with one attached hydrogen (secondary N) is 1. The van der Waals surface area contributed by atoms with E-state index >= 15 is 0 Å². The van der Waals surface area contributed by atoms with E-state index in [0.29, 0.717) is 0 Å². The summed E-state index contributed by atoms with van der Waals surface area (Å²) in [5.41, 5.74) is 0. The first kappa shape index (κ1) is 19.5. The molecule has 0 radical (unpaired) electrons. The quantitative estimate of drug-likeness (QED) is 0.294. The molecule has 0 aromatic carbocycles. The van der Waals surface area contributed by atoms with Gasteiger partial charge in [-0.1, -0.05) is 90.4 Å². The molecule has 0 amide bonds. The number of unbranched alkanes of at least 4 members (excludes halogenated alkanes) is 14. The van der Waals surface area contributed by atoms with E-state index in [9.17, 15) is 0 Å².